The van der Waals surface area contributed by atoms with Crippen molar-refractivity contribution in [3.8, 4) is 0 Å². The molecule has 0 unspecified atom stereocenters. The summed E-state index contributed by atoms with van der Waals surface area (Å²) in [5.74, 6) is 0.889. The Hall–Kier alpha value is -2.47. The van der Waals surface area contributed by atoms with Crippen LogP contribution in [0.3, 0.4) is 0 Å². The van der Waals surface area contributed by atoms with E-state index in [1.54, 1.807) is 12.1 Å². The average molecular weight is 387 g/mol. The molecule has 0 aliphatic heterocycles. The molecule has 0 fully saturated rings. The highest BCUT2D eigenvalue weighted by Crippen LogP contribution is 2.24. The maximum absolute atomic E-state index is 13.7. The zero-order valence-electron chi connectivity index (χ0n) is 13.1. The Morgan fingerprint density at radius 2 is 1.79 bits per heavy atom. The first-order valence-corrected chi connectivity index (χ1v) is 8.25. The van der Waals surface area contributed by atoms with E-state index >= 15 is 0 Å². The lowest BCUT2D eigenvalue weighted by Crippen LogP contribution is -2.06. The van der Waals surface area contributed by atoms with Crippen LogP contribution in [-0.2, 0) is 6.54 Å². The molecule has 0 bridgehead atoms. The Morgan fingerprint density at radius 1 is 1.04 bits per heavy atom. The molecule has 0 amide bonds. The molecule has 6 heteroatoms. The van der Waals surface area contributed by atoms with Crippen molar-refractivity contribution in [2.45, 2.75) is 13.5 Å². The van der Waals surface area contributed by atoms with Crippen LogP contribution in [0, 0.1) is 12.7 Å². The normalized spacial score (nSPS) is 10.5. The van der Waals surface area contributed by atoms with E-state index in [4.69, 9.17) is 0 Å². The molecule has 1 heterocycles. The second-order valence-electron chi connectivity index (χ2n) is 5.27. The molecule has 0 saturated heterocycles. The summed E-state index contributed by atoms with van der Waals surface area (Å²) < 4.78 is 14.6. The van der Waals surface area contributed by atoms with Gasteiger partial charge >= 0.3 is 0 Å². The Morgan fingerprint density at radius 3 is 2.58 bits per heavy atom. The summed E-state index contributed by atoms with van der Waals surface area (Å²) in [6.07, 6.45) is 0. The van der Waals surface area contributed by atoms with E-state index in [-0.39, 0.29) is 5.82 Å². The number of benzene rings is 2. The summed E-state index contributed by atoms with van der Waals surface area (Å²) in [6.45, 7) is 2.25. The molecule has 0 saturated carbocycles. The lowest BCUT2D eigenvalue weighted by atomic mass is 10.2. The minimum Gasteiger partial charge on any atom is -0.366 e. The fourth-order valence-corrected chi connectivity index (χ4v) is 2.61. The second kappa shape index (κ2) is 7.40. The Bertz CT molecular complexity index is 854. The number of nitrogens with zero attached hydrogens (tertiary/aromatic N) is 2. The van der Waals surface area contributed by atoms with Gasteiger partial charge in [0.05, 0.1) is 5.69 Å². The number of halogens is 2. The van der Waals surface area contributed by atoms with E-state index in [0.29, 0.717) is 23.9 Å². The first-order valence-electron chi connectivity index (χ1n) is 7.46. The first kappa shape index (κ1) is 16.4. The molecule has 3 rings (SSSR count). The third-order valence-electron chi connectivity index (χ3n) is 3.39. The highest BCUT2D eigenvalue weighted by molar-refractivity contribution is 9.10. The van der Waals surface area contributed by atoms with Crippen molar-refractivity contribution in [2.24, 2.45) is 0 Å². The van der Waals surface area contributed by atoms with E-state index < -0.39 is 0 Å². The predicted octanol–water partition coefficient (Wildman–Crippen LogP) is 5.04. The van der Waals surface area contributed by atoms with Crippen molar-refractivity contribution in [3.05, 3.63) is 76.1 Å². The quantitative estimate of drug-likeness (QED) is 0.644. The van der Waals surface area contributed by atoms with Crippen LogP contribution in [0.25, 0.3) is 0 Å². The molecule has 0 aliphatic carbocycles. The number of hydrogen-bond acceptors (Lipinski definition) is 4. The molecular weight excluding hydrogens is 371 g/mol. The zero-order chi connectivity index (χ0) is 16.9. The summed E-state index contributed by atoms with van der Waals surface area (Å²) in [5.41, 5.74) is 2.29. The lowest BCUT2D eigenvalue weighted by molar-refractivity contribution is 0.613. The van der Waals surface area contributed by atoms with Gasteiger partial charge in [-0.25, -0.2) is 9.37 Å². The van der Waals surface area contributed by atoms with Gasteiger partial charge in [0.2, 0.25) is 5.95 Å². The molecule has 2 N–H and O–H groups in total. The highest BCUT2D eigenvalue weighted by atomic mass is 79.9. The molecule has 0 spiro atoms. The van der Waals surface area contributed by atoms with E-state index in [1.165, 1.54) is 6.07 Å². The second-order valence-corrected chi connectivity index (χ2v) is 6.12. The molecule has 1 aromatic heterocycles. The van der Waals surface area contributed by atoms with Crippen molar-refractivity contribution in [1.82, 2.24) is 9.97 Å². The smallest absolute Gasteiger partial charge is 0.229 e. The molecule has 122 valence electrons. The molecular formula is C18H16BrFN4. The van der Waals surface area contributed by atoms with Crippen molar-refractivity contribution in [1.29, 1.82) is 0 Å². The molecule has 2 aromatic carbocycles. The lowest BCUT2D eigenvalue weighted by Gasteiger charge is -2.11. The Kier molecular flexibility index (Phi) is 5.05. The largest absolute Gasteiger partial charge is 0.366 e. The van der Waals surface area contributed by atoms with Crippen LogP contribution >= 0.6 is 15.9 Å². The predicted molar refractivity (Wildman–Crippen MR) is 97.9 cm³/mol. The summed E-state index contributed by atoms with van der Waals surface area (Å²) >= 11 is 3.48. The topological polar surface area (TPSA) is 49.8 Å². The van der Waals surface area contributed by atoms with Crippen LogP contribution in [0.5, 0.6) is 0 Å². The van der Waals surface area contributed by atoms with Gasteiger partial charge in [0.25, 0.3) is 0 Å². The molecule has 4 nitrogen and oxygen atoms in total. The maximum Gasteiger partial charge on any atom is 0.229 e. The van der Waals surface area contributed by atoms with Crippen molar-refractivity contribution in [3.63, 3.8) is 0 Å². The molecule has 0 atom stereocenters. The highest BCUT2D eigenvalue weighted by Gasteiger charge is 2.06. The SMILES string of the molecule is Cc1cc(NCc2ccccc2F)nc(Nc2ccccc2Br)n1. The Balaban J connectivity index is 1.77. The van der Waals surface area contributed by atoms with Gasteiger partial charge in [-0.15, -0.1) is 0 Å². The summed E-state index contributed by atoms with van der Waals surface area (Å²) in [6, 6.07) is 16.2. The maximum atomic E-state index is 13.7. The molecule has 0 aliphatic rings. The van der Waals surface area contributed by atoms with Crippen molar-refractivity contribution >= 4 is 33.4 Å². The summed E-state index contributed by atoms with van der Waals surface area (Å²) in [4.78, 5) is 8.82. The van der Waals surface area contributed by atoms with E-state index in [1.807, 2.05) is 43.3 Å². The number of rotatable bonds is 5. The van der Waals surface area contributed by atoms with Gasteiger partial charge < -0.3 is 10.6 Å². The standard InChI is InChI=1S/C18H16BrFN4/c1-12-10-17(21-11-13-6-2-4-8-15(13)20)24-18(22-12)23-16-9-5-3-7-14(16)19/h2-10H,11H2,1H3,(H2,21,22,23,24). The minimum atomic E-state index is -0.234. The van der Waals surface area contributed by atoms with Gasteiger partial charge in [0.1, 0.15) is 11.6 Å². The minimum absolute atomic E-state index is 0.234. The van der Waals surface area contributed by atoms with Gasteiger partial charge in [-0.3, -0.25) is 0 Å². The third-order valence-corrected chi connectivity index (χ3v) is 4.08. The van der Waals surface area contributed by atoms with Gasteiger partial charge in [0.15, 0.2) is 0 Å². The fourth-order valence-electron chi connectivity index (χ4n) is 2.23. The monoisotopic (exact) mass is 386 g/mol. The summed E-state index contributed by atoms with van der Waals surface area (Å²) in [5, 5.41) is 6.32. The fraction of sp³-hybridized carbons (Fsp3) is 0.111. The van der Waals surface area contributed by atoms with Crippen molar-refractivity contribution < 1.29 is 4.39 Å². The first-order chi connectivity index (χ1) is 11.6. The number of nitrogens with one attached hydrogen (secondary N) is 2. The number of hydrogen-bond donors (Lipinski definition) is 2. The van der Waals surface area contributed by atoms with Crippen LogP contribution in [0.2, 0.25) is 0 Å². The average Bonchev–Trinajstić information content (AvgIpc) is 2.56. The van der Waals surface area contributed by atoms with Crippen LogP contribution in [0.4, 0.5) is 21.8 Å². The van der Waals surface area contributed by atoms with Gasteiger partial charge in [0, 0.05) is 28.3 Å². The van der Waals surface area contributed by atoms with E-state index in [0.717, 1.165) is 15.9 Å². The van der Waals surface area contributed by atoms with Crippen LogP contribution in [0.1, 0.15) is 11.3 Å². The zero-order valence-corrected chi connectivity index (χ0v) is 14.6. The van der Waals surface area contributed by atoms with Crippen LogP contribution < -0.4 is 10.6 Å². The van der Waals surface area contributed by atoms with Crippen LogP contribution in [-0.4, -0.2) is 9.97 Å². The Labute approximate surface area is 148 Å². The van der Waals surface area contributed by atoms with Gasteiger partial charge in [-0.05, 0) is 41.1 Å². The molecule has 0 radical (unpaired) electrons. The van der Waals surface area contributed by atoms with Gasteiger partial charge in [-0.1, -0.05) is 30.3 Å². The van der Waals surface area contributed by atoms with E-state index in [2.05, 4.69) is 36.5 Å². The molecule has 24 heavy (non-hydrogen) atoms. The van der Waals surface area contributed by atoms with Crippen LogP contribution in [0.15, 0.2) is 59.1 Å². The number of aryl methyl sites for hydroxylation is 1. The third kappa shape index (κ3) is 4.08. The van der Waals surface area contributed by atoms with Gasteiger partial charge in [-0.2, -0.15) is 4.98 Å². The molecule has 3 aromatic rings. The van der Waals surface area contributed by atoms with Crippen molar-refractivity contribution in [2.75, 3.05) is 10.6 Å². The summed E-state index contributed by atoms with van der Waals surface area (Å²) in [7, 11) is 0. The number of para-hydroxylation sites is 1. The van der Waals surface area contributed by atoms with E-state index in [9.17, 15) is 4.39 Å². The number of aromatic nitrogens is 2. The number of anilines is 3.